The molecule has 14 nitrogen and oxygen atoms in total. The molecule has 0 aliphatic rings. The van der Waals surface area contributed by atoms with Gasteiger partial charge in [-0.25, -0.2) is 26.5 Å². The van der Waals surface area contributed by atoms with Crippen LogP contribution in [0, 0.1) is 62.3 Å². The summed E-state index contributed by atoms with van der Waals surface area (Å²) >= 11 is 0. The first kappa shape index (κ1) is 43.5. The maximum absolute atomic E-state index is 10.7. The van der Waals surface area contributed by atoms with Gasteiger partial charge in [-0.15, -0.1) is 0 Å². The van der Waals surface area contributed by atoms with Gasteiger partial charge in [-0.3, -0.25) is 15.0 Å². The monoisotopic (exact) mass is 612 g/mol. The van der Waals surface area contributed by atoms with E-state index in [2.05, 4.69) is 35.0 Å². The normalized spacial score (nSPS) is 8.49. The van der Waals surface area contributed by atoms with Crippen LogP contribution in [0.4, 0.5) is 5.82 Å². The fourth-order valence-corrected chi connectivity index (χ4v) is 3.14. The predicted octanol–water partition coefficient (Wildman–Crippen LogP) is -4.26. The molecule has 0 saturated heterocycles. The molecular weight excluding hydrogens is 583 g/mol. The van der Waals surface area contributed by atoms with Crippen molar-refractivity contribution in [3.63, 3.8) is 0 Å². The first-order valence-corrected chi connectivity index (χ1v) is 11.4. The smallest absolute Gasteiger partial charge is 1.00 e. The zero-order chi connectivity index (χ0) is 30.0. The van der Waals surface area contributed by atoms with E-state index in [0.717, 1.165) is 35.3 Å². The number of aryl methyl sites for hydroxylation is 5. The average Bonchev–Trinajstić information content (AvgIpc) is 2.90. The van der Waals surface area contributed by atoms with Gasteiger partial charge in [0.25, 0.3) is 13.0 Å². The van der Waals surface area contributed by atoms with Crippen LogP contribution in [0.15, 0.2) is 6.07 Å². The summed E-state index contributed by atoms with van der Waals surface area (Å²) in [6.45, 7) is 18.4. The van der Waals surface area contributed by atoms with Crippen LogP contribution >= 0.6 is 0 Å². The summed E-state index contributed by atoms with van der Waals surface area (Å²) in [6, 6.07) is 5.40. The van der Waals surface area contributed by atoms with Crippen LogP contribution in [0.25, 0.3) is 15.9 Å². The van der Waals surface area contributed by atoms with E-state index in [1.165, 1.54) is 0 Å². The minimum absolute atomic E-state index is 0. The number of nitriles is 2. The number of hydrogen-bond acceptors (Lipinski definition) is 12. The van der Waals surface area contributed by atoms with E-state index in [9.17, 15) is 4.79 Å². The standard InChI is InChI=1S/C12H13N5.C9H13N3O.C3H2N2.CH2O3.2K.H/c1-4-17-11(14)9(6-13)5-10-7(2)15-8(3)16-12(10)17;1-4-10-9-8(5-13)6(2)11-7(3)12-9;1-5-3-2-4;2-1-4-3;;;/h5,14H,4H2,1-3H3;5H,4H2,1-3H3,(H,10,11,12);3H2;1,3H;;;/q;;;;2*+1;-1/p-1. The van der Waals surface area contributed by atoms with Gasteiger partial charge in [0, 0.05) is 18.5 Å². The summed E-state index contributed by atoms with van der Waals surface area (Å²) in [5.74, 6) is 1.99. The number of aldehydes is 1. The van der Waals surface area contributed by atoms with E-state index < -0.39 is 0 Å². The molecule has 0 aromatic carbocycles. The Hall–Kier alpha value is -1.99. The van der Waals surface area contributed by atoms with Gasteiger partial charge in [0.05, 0.1) is 22.5 Å². The van der Waals surface area contributed by atoms with Gasteiger partial charge in [-0.05, 0) is 47.6 Å². The van der Waals surface area contributed by atoms with Crippen molar-refractivity contribution in [2.45, 2.75) is 48.1 Å². The SMILES string of the molecule is CCNc1nc(C)nc(C)c1C=O.CCn1c(=N)c(C#N)cc2c(C)nc(C)nc21.O=CO[O-].[C-]#[N+]CC#N.[H-].[K+].[K+]. The van der Waals surface area contributed by atoms with Crippen LogP contribution in [0.3, 0.4) is 0 Å². The molecule has 3 rings (SSSR count). The van der Waals surface area contributed by atoms with Crippen molar-refractivity contribution < 1.29 is 124 Å². The van der Waals surface area contributed by atoms with Crippen molar-refractivity contribution in [1.82, 2.24) is 24.5 Å². The Balaban J connectivity index is -0.000000258. The maximum atomic E-state index is 10.7. The van der Waals surface area contributed by atoms with E-state index in [0.29, 0.717) is 35.1 Å². The number of pyridine rings is 1. The third-order valence-corrected chi connectivity index (χ3v) is 4.63. The molecule has 0 spiro atoms. The fraction of sp³-hybridized carbons (Fsp3) is 0.360. The Morgan fingerprint density at radius 2 is 1.68 bits per heavy atom. The quantitative estimate of drug-likeness (QED) is 0.0703. The molecule has 2 N–H and O–H groups in total. The number of hydrogen-bond donors (Lipinski definition) is 2. The molecule has 0 unspecified atom stereocenters. The fourth-order valence-electron chi connectivity index (χ4n) is 3.14. The second-order valence-corrected chi connectivity index (χ2v) is 7.29. The Morgan fingerprint density at radius 1 is 1.12 bits per heavy atom. The molecule has 3 aromatic rings. The molecular formula is C25H30K2N10O4. The number of anilines is 1. The third kappa shape index (κ3) is 14.6. The zero-order valence-corrected chi connectivity index (χ0v) is 30.8. The molecule has 0 aliphatic heterocycles. The summed E-state index contributed by atoms with van der Waals surface area (Å²) in [4.78, 5) is 41.6. The molecule has 206 valence electrons. The van der Waals surface area contributed by atoms with Gasteiger partial charge < -0.3 is 26.3 Å². The van der Waals surface area contributed by atoms with Crippen molar-refractivity contribution >= 4 is 29.6 Å². The number of fused-ring (bicyclic) bond motifs is 1. The van der Waals surface area contributed by atoms with Crippen molar-refractivity contribution in [3.05, 3.63) is 57.1 Å². The van der Waals surface area contributed by atoms with E-state index >= 15 is 0 Å². The third-order valence-electron chi connectivity index (χ3n) is 4.63. The Morgan fingerprint density at radius 3 is 2.10 bits per heavy atom. The minimum atomic E-state index is -0.181. The first-order chi connectivity index (χ1) is 18.6. The van der Waals surface area contributed by atoms with Gasteiger partial charge in [0.2, 0.25) is 0 Å². The molecule has 0 saturated carbocycles. The summed E-state index contributed by atoms with van der Waals surface area (Å²) in [6.07, 6.45) is 0.784. The summed E-state index contributed by atoms with van der Waals surface area (Å²) < 4.78 is 1.73. The van der Waals surface area contributed by atoms with Crippen LogP contribution in [0.1, 0.15) is 54.2 Å². The minimum Gasteiger partial charge on any atom is -1.00 e. The van der Waals surface area contributed by atoms with Crippen molar-refractivity contribution in [2.24, 2.45) is 0 Å². The van der Waals surface area contributed by atoms with Crippen molar-refractivity contribution in [2.75, 3.05) is 18.4 Å². The summed E-state index contributed by atoms with van der Waals surface area (Å²) in [5, 5.41) is 36.9. The Kier molecular flexibility index (Phi) is 26.1. The van der Waals surface area contributed by atoms with Crippen molar-refractivity contribution in [1.29, 1.82) is 15.9 Å². The molecule has 3 heterocycles. The van der Waals surface area contributed by atoms with E-state index in [-0.39, 0.29) is 123 Å². The van der Waals surface area contributed by atoms with Crippen LogP contribution < -0.4 is 119 Å². The maximum Gasteiger partial charge on any atom is 1.00 e. The number of carbonyl (C=O) groups excluding carboxylic acids is 2. The molecule has 0 aliphatic carbocycles. The molecule has 0 amide bonds. The Bertz CT molecular complexity index is 1470. The van der Waals surface area contributed by atoms with Crippen LogP contribution in [0.2, 0.25) is 0 Å². The van der Waals surface area contributed by atoms with Crippen molar-refractivity contribution in [3.8, 4) is 12.1 Å². The van der Waals surface area contributed by atoms with Crippen LogP contribution in [-0.4, -0.2) is 50.4 Å². The zero-order valence-electron chi connectivity index (χ0n) is 25.6. The number of rotatable bonds is 5. The topological polar surface area (TPSA) is 211 Å². The predicted molar refractivity (Wildman–Crippen MR) is 140 cm³/mol. The van der Waals surface area contributed by atoms with E-state index in [1.807, 2.05) is 40.7 Å². The van der Waals surface area contributed by atoms with Gasteiger partial charge in [0.1, 0.15) is 40.7 Å². The number of nitrogens with zero attached hydrogens (tertiary/aromatic N) is 8. The second-order valence-electron chi connectivity index (χ2n) is 7.29. The average molecular weight is 613 g/mol. The molecule has 3 aromatic heterocycles. The summed E-state index contributed by atoms with van der Waals surface area (Å²) in [5.41, 5.74) is 3.40. The molecule has 0 atom stereocenters. The number of nitrogens with one attached hydrogen (secondary N) is 2. The summed E-state index contributed by atoms with van der Waals surface area (Å²) in [7, 11) is 0. The van der Waals surface area contributed by atoms with Gasteiger partial charge >= 0.3 is 103 Å². The molecule has 0 fully saturated rings. The number of aromatic nitrogens is 5. The van der Waals surface area contributed by atoms with E-state index in [4.69, 9.17) is 32.6 Å². The molecule has 16 heteroatoms. The van der Waals surface area contributed by atoms with Gasteiger partial charge in [-0.1, -0.05) is 0 Å². The molecule has 0 radical (unpaired) electrons. The van der Waals surface area contributed by atoms with Crippen LogP contribution in [-0.2, 0) is 16.2 Å². The molecule has 0 bridgehead atoms. The van der Waals surface area contributed by atoms with Gasteiger partial charge in [0.15, 0.2) is 6.29 Å². The first-order valence-electron chi connectivity index (χ1n) is 11.4. The number of carbonyl (C=O) groups is 2. The Labute approximate surface area is 325 Å². The van der Waals surface area contributed by atoms with Crippen LogP contribution in [0.5, 0.6) is 0 Å². The van der Waals surface area contributed by atoms with Gasteiger partial charge in [-0.2, -0.15) is 10.5 Å². The van der Waals surface area contributed by atoms with E-state index in [1.54, 1.807) is 23.6 Å². The molecule has 41 heavy (non-hydrogen) atoms. The second kappa shape index (κ2) is 24.6. The largest absolute Gasteiger partial charge is 1.00 e.